The van der Waals surface area contributed by atoms with E-state index in [1.165, 1.54) is 24.3 Å². The summed E-state index contributed by atoms with van der Waals surface area (Å²) in [7, 11) is 0. The van der Waals surface area contributed by atoms with E-state index in [1.807, 2.05) is 24.3 Å². The van der Waals surface area contributed by atoms with Crippen LogP contribution in [0.15, 0.2) is 71.1 Å². The molecule has 0 bridgehead atoms. The van der Waals surface area contributed by atoms with Crippen molar-refractivity contribution in [3.63, 3.8) is 0 Å². The SMILES string of the molecule is CCN(CC)c1ccc(-c2nc(COc3ccc(OCC(=O)O)c(C)c3)oc2-c2ccc(OC(F)(F)F)cc2)cc1. The Kier molecular flexibility index (Phi) is 9.06. The fourth-order valence-electron chi connectivity index (χ4n) is 4.20. The average molecular weight is 571 g/mol. The molecule has 11 heteroatoms. The van der Waals surface area contributed by atoms with Crippen LogP contribution in [-0.2, 0) is 11.4 Å². The molecule has 1 N–H and O–H groups in total. The zero-order valence-electron chi connectivity index (χ0n) is 22.7. The van der Waals surface area contributed by atoms with Gasteiger partial charge in [0.1, 0.15) is 22.9 Å². The van der Waals surface area contributed by atoms with Crippen molar-refractivity contribution >= 4 is 11.7 Å². The van der Waals surface area contributed by atoms with Crippen LogP contribution in [0.5, 0.6) is 17.2 Å². The Bertz CT molecular complexity index is 1460. The fraction of sp³-hybridized carbons (Fsp3) is 0.267. The number of carboxylic acids is 1. The summed E-state index contributed by atoms with van der Waals surface area (Å²) in [5.41, 5.74) is 3.51. The van der Waals surface area contributed by atoms with Gasteiger partial charge in [0.15, 0.2) is 19.0 Å². The minimum atomic E-state index is -4.80. The molecule has 4 rings (SSSR count). The highest BCUT2D eigenvalue weighted by atomic mass is 19.4. The summed E-state index contributed by atoms with van der Waals surface area (Å²) in [4.78, 5) is 17.6. The third-order valence-corrected chi connectivity index (χ3v) is 6.15. The molecule has 0 saturated carbocycles. The number of hydrogen-bond acceptors (Lipinski definition) is 7. The van der Waals surface area contributed by atoms with Crippen molar-refractivity contribution in [2.45, 2.75) is 33.7 Å². The van der Waals surface area contributed by atoms with Crippen molar-refractivity contribution in [2.24, 2.45) is 0 Å². The quantitative estimate of drug-likeness (QED) is 0.193. The Balaban J connectivity index is 1.61. The topological polar surface area (TPSA) is 94.3 Å². The van der Waals surface area contributed by atoms with Gasteiger partial charge in [-0.05, 0) is 80.9 Å². The number of aliphatic carboxylic acids is 1. The standard InChI is InChI=1S/C30H29F3N2O6/c1-4-35(5-2)22-10-6-20(7-11-22)28-29(21-8-12-23(13-9-21)41-30(31,32)33)40-26(34-28)17-38-24-14-15-25(19(3)16-24)39-18-27(36)37/h6-16H,4-5,17-18H2,1-3H3,(H,36,37). The smallest absolute Gasteiger partial charge is 0.484 e. The number of nitrogens with zero attached hydrogens (tertiary/aromatic N) is 2. The van der Waals surface area contributed by atoms with Crippen molar-refractivity contribution in [3.05, 3.63) is 78.2 Å². The van der Waals surface area contributed by atoms with E-state index in [4.69, 9.17) is 19.0 Å². The van der Waals surface area contributed by atoms with Gasteiger partial charge in [-0.1, -0.05) is 12.1 Å². The van der Waals surface area contributed by atoms with E-state index in [9.17, 15) is 18.0 Å². The highest BCUT2D eigenvalue weighted by Gasteiger charge is 2.31. The van der Waals surface area contributed by atoms with Crippen LogP contribution in [-0.4, -0.2) is 42.1 Å². The number of carboxylic acid groups (broad SMARTS) is 1. The van der Waals surface area contributed by atoms with Gasteiger partial charge in [-0.3, -0.25) is 0 Å². The number of alkyl halides is 3. The van der Waals surface area contributed by atoms with Crippen LogP contribution < -0.4 is 19.1 Å². The molecule has 4 aromatic rings. The second-order valence-corrected chi connectivity index (χ2v) is 8.98. The molecule has 0 spiro atoms. The molecule has 0 atom stereocenters. The number of aryl methyl sites for hydroxylation is 1. The van der Waals surface area contributed by atoms with Crippen LogP contribution in [0.4, 0.5) is 18.9 Å². The number of oxazole rings is 1. The zero-order chi connectivity index (χ0) is 29.6. The molecule has 216 valence electrons. The number of carbonyl (C=O) groups is 1. The highest BCUT2D eigenvalue weighted by Crippen LogP contribution is 2.35. The molecule has 0 aliphatic carbocycles. The summed E-state index contributed by atoms with van der Waals surface area (Å²) in [5, 5.41) is 8.82. The first-order chi connectivity index (χ1) is 19.6. The monoisotopic (exact) mass is 570 g/mol. The lowest BCUT2D eigenvalue weighted by Gasteiger charge is -2.21. The number of halogens is 3. The first-order valence-electron chi connectivity index (χ1n) is 12.9. The van der Waals surface area contributed by atoms with Crippen LogP contribution in [0.1, 0.15) is 25.3 Å². The van der Waals surface area contributed by atoms with Crippen molar-refractivity contribution in [2.75, 3.05) is 24.6 Å². The molecule has 1 heterocycles. The molecule has 1 aromatic heterocycles. The summed E-state index contributed by atoms with van der Waals surface area (Å²) in [6, 6.07) is 18.1. The first-order valence-corrected chi connectivity index (χ1v) is 12.9. The summed E-state index contributed by atoms with van der Waals surface area (Å²) in [6.45, 7) is 7.12. The fourth-order valence-corrected chi connectivity index (χ4v) is 4.20. The molecule has 41 heavy (non-hydrogen) atoms. The van der Waals surface area contributed by atoms with E-state index in [-0.39, 0.29) is 18.2 Å². The minimum absolute atomic E-state index is 0.0332. The predicted octanol–water partition coefficient (Wildman–Crippen LogP) is 7.10. The van der Waals surface area contributed by atoms with E-state index in [1.54, 1.807) is 25.1 Å². The molecule has 0 fully saturated rings. The van der Waals surface area contributed by atoms with Crippen LogP contribution in [0.2, 0.25) is 0 Å². The van der Waals surface area contributed by atoms with Crippen molar-refractivity contribution < 1.29 is 41.7 Å². The molecule has 0 aliphatic rings. The Hall–Kier alpha value is -4.67. The van der Waals surface area contributed by atoms with Crippen LogP contribution in [0, 0.1) is 6.92 Å². The lowest BCUT2D eigenvalue weighted by Crippen LogP contribution is -2.21. The van der Waals surface area contributed by atoms with Crippen LogP contribution in [0.3, 0.4) is 0 Å². The van der Waals surface area contributed by atoms with E-state index in [2.05, 4.69) is 28.5 Å². The maximum absolute atomic E-state index is 12.6. The lowest BCUT2D eigenvalue weighted by atomic mass is 10.1. The second-order valence-electron chi connectivity index (χ2n) is 8.98. The third kappa shape index (κ3) is 7.71. The zero-order valence-corrected chi connectivity index (χ0v) is 22.7. The van der Waals surface area contributed by atoms with Crippen molar-refractivity contribution in [1.29, 1.82) is 0 Å². The largest absolute Gasteiger partial charge is 0.573 e. The number of aromatic nitrogens is 1. The van der Waals surface area contributed by atoms with Gasteiger partial charge in [-0.15, -0.1) is 13.2 Å². The number of anilines is 1. The normalized spacial score (nSPS) is 11.3. The summed E-state index contributed by atoms with van der Waals surface area (Å²) in [5.74, 6) is 0.106. The molecule has 0 amide bonds. The van der Waals surface area contributed by atoms with E-state index < -0.39 is 18.9 Å². The lowest BCUT2D eigenvalue weighted by molar-refractivity contribution is -0.274. The van der Waals surface area contributed by atoms with Crippen molar-refractivity contribution in [3.8, 4) is 39.8 Å². The number of hydrogen-bond donors (Lipinski definition) is 1. The molecular formula is C30H29F3N2O6. The molecule has 8 nitrogen and oxygen atoms in total. The van der Waals surface area contributed by atoms with Gasteiger partial charge in [-0.25, -0.2) is 9.78 Å². The molecular weight excluding hydrogens is 541 g/mol. The molecule has 0 aliphatic heterocycles. The third-order valence-electron chi connectivity index (χ3n) is 6.15. The molecule has 3 aromatic carbocycles. The predicted molar refractivity (Wildman–Crippen MR) is 146 cm³/mol. The molecule has 0 radical (unpaired) electrons. The van der Waals surface area contributed by atoms with Gasteiger partial charge in [-0.2, -0.15) is 0 Å². The van der Waals surface area contributed by atoms with Crippen LogP contribution in [0.25, 0.3) is 22.6 Å². The van der Waals surface area contributed by atoms with Gasteiger partial charge in [0, 0.05) is 29.9 Å². The Morgan fingerprint density at radius 3 is 2.15 bits per heavy atom. The maximum Gasteiger partial charge on any atom is 0.573 e. The Morgan fingerprint density at radius 1 is 0.927 bits per heavy atom. The van der Waals surface area contributed by atoms with Crippen molar-refractivity contribution in [1.82, 2.24) is 4.98 Å². The van der Waals surface area contributed by atoms with Gasteiger partial charge in [0.05, 0.1) is 0 Å². The van der Waals surface area contributed by atoms with E-state index in [0.29, 0.717) is 34.1 Å². The van der Waals surface area contributed by atoms with E-state index >= 15 is 0 Å². The van der Waals surface area contributed by atoms with Gasteiger partial charge < -0.3 is 28.6 Å². The first kappa shape index (κ1) is 29.3. The maximum atomic E-state index is 12.6. The number of benzene rings is 3. The van der Waals surface area contributed by atoms with Gasteiger partial charge >= 0.3 is 12.3 Å². The number of ether oxygens (including phenoxy) is 3. The molecule has 0 saturated heterocycles. The number of rotatable bonds is 12. The Labute approximate surface area is 234 Å². The van der Waals surface area contributed by atoms with Crippen LogP contribution >= 0.6 is 0 Å². The second kappa shape index (κ2) is 12.7. The molecule has 0 unspecified atom stereocenters. The minimum Gasteiger partial charge on any atom is -0.484 e. The Morgan fingerprint density at radius 2 is 1.56 bits per heavy atom. The highest BCUT2D eigenvalue weighted by molar-refractivity contribution is 5.78. The summed E-state index contributed by atoms with van der Waals surface area (Å²) < 4.78 is 59.1. The van der Waals surface area contributed by atoms with E-state index in [0.717, 1.165) is 24.3 Å². The average Bonchev–Trinajstić information content (AvgIpc) is 3.36. The van der Waals surface area contributed by atoms with Gasteiger partial charge in [0.25, 0.3) is 0 Å². The van der Waals surface area contributed by atoms with Gasteiger partial charge in [0.2, 0.25) is 5.89 Å². The summed E-state index contributed by atoms with van der Waals surface area (Å²) in [6.07, 6.45) is -4.80. The summed E-state index contributed by atoms with van der Waals surface area (Å²) >= 11 is 0.